The Morgan fingerprint density at radius 2 is 1.94 bits per heavy atom. The zero-order chi connectivity index (χ0) is 11.7. The number of hydrogen-bond acceptors (Lipinski definition) is 1. The van der Waals surface area contributed by atoms with Crippen LogP contribution in [0.4, 0.5) is 5.69 Å². The van der Waals surface area contributed by atoms with E-state index in [1.54, 1.807) is 0 Å². The van der Waals surface area contributed by atoms with Gasteiger partial charge in [-0.3, -0.25) is 0 Å². The van der Waals surface area contributed by atoms with Gasteiger partial charge in [-0.05, 0) is 43.2 Å². The molecule has 1 aliphatic carbocycles. The van der Waals surface area contributed by atoms with E-state index in [4.69, 9.17) is 0 Å². The fraction of sp³-hybridized carbons (Fsp3) is 0.600. The van der Waals surface area contributed by atoms with Crippen LogP contribution in [0.25, 0.3) is 0 Å². The van der Waals surface area contributed by atoms with E-state index in [9.17, 15) is 0 Å². The van der Waals surface area contributed by atoms with Crippen LogP contribution in [0.15, 0.2) is 24.3 Å². The van der Waals surface area contributed by atoms with Gasteiger partial charge in [0.2, 0.25) is 0 Å². The number of alkyl halides is 1. The fourth-order valence-corrected chi connectivity index (χ4v) is 4.13. The van der Waals surface area contributed by atoms with Crippen LogP contribution < -0.4 is 4.90 Å². The van der Waals surface area contributed by atoms with Crippen molar-refractivity contribution in [3.8, 4) is 0 Å². The van der Waals surface area contributed by atoms with Crippen LogP contribution >= 0.6 is 15.9 Å². The quantitative estimate of drug-likeness (QED) is 0.733. The van der Waals surface area contributed by atoms with Gasteiger partial charge in [0.1, 0.15) is 0 Å². The highest BCUT2D eigenvalue weighted by Gasteiger charge is 2.35. The first-order chi connectivity index (χ1) is 8.40. The number of halogens is 1. The number of nitrogens with zero attached hydrogens (tertiary/aromatic N) is 1. The summed E-state index contributed by atoms with van der Waals surface area (Å²) in [4.78, 5) is 2.69. The Morgan fingerprint density at radius 1 is 1.12 bits per heavy atom. The molecule has 0 aromatic heterocycles. The van der Waals surface area contributed by atoms with Crippen LogP contribution in [0.3, 0.4) is 0 Å². The third kappa shape index (κ3) is 2.12. The van der Waals surface area contributed by atoms with E-state index < -0.39 is 0 Å². The highest BCUT2D eigenvalue weighted by molar-refractivity contribution is 9.08. The Morgan fingerprint density at radius 3 is 2.82 bits per heavy atom. The fourth-order valence-electron chi connectivity index (χ4n) is 3.66. The lowest BCUT2D eigenvalue weighted by Crippen LogP contribution is -2.43. The number of hydrogen-bond donors (Lipinski definition) is 0. The van der Waals surface area contributed by atoms with E-state index in [1.807, 2.05) is 0 Å². The molecule has 0 radical (unpaired) electrons. The Labute approximate surface area is 112 Å². The molecule has 1 heterocycles. The van der Waals surface area contributed by atoms with Crippen LogP contribution in [0, 0.1) is 5.92 Å². The van der Waals surface area contributed by atoms with Gasteiger partial charge in [-0.1, -0.05) is 40.5 Å². The lowest BCUT2D eigenvalue weighted by Gasteiger charge is -2.40. The molecule has 1 aliphatic heterocycles. The molecule has 2 fully saturated rings. The minimum Gasteiger partial charge on any atom is -0.368 e. The van der Waals surface area contributed by atoms with Crippen molar-refractivity contribution >= 4 is 21.6 Å². The van der Waals surface area contributed by atoms with Gasteiger partial charge in [-0.25, -0.2) is 0 Å². The average Bonchev–Trinajstić information content (AvgIpc) is 2.86. The number of anilines is 1. The highest BCUT2D eigenvalue weighted by atomic mass is 79.9. The molecule has 1 saturated carbocycles. The normalized spacial score (nSPS) is 28.2. The smallest absolute Gasteiger partial charge is 0.0409 e. The first-order valence-electron chi connectivity index (χ1n) is 6.80. The van der Waals surface area contributed by atoms with Crippen LogP contribution in [0.5, 0.6) is 0 Å². The zero-order valence-corrected chi connectivity index (χ0v) is 11.8. The summed E-state index contributed by atoms with van der Waals surface area (Å²) in [6.45, 7) is 1.26. The SMILES string of the molecule is BrCc1ccccc1N1CCCC2CCCC21. The monoisotopic (exact) mass is 293 g/mol. The molecule has 1 nitrogen and oxygen atoms in total. The van der Waals surface area contributed by atoms with Crippen molar-refractivity contribution in [2.24, 2.45) is 5.92 Å². The summed E-state index contributed by atoms with van der Waals surface area (Å²) in [5, 5.41) is 0.969. The van der Waals surface area contributed by atoms with Crippen molar-refractivity contribution in [1.29, 1.82) is 0 Å². The maximum Gasteiger partial charge on any atom is 0.0409 e. The molecule has 0 spiro atoms. The van der Waals surface area contributed by atoms with E-state index in [2.05, 4.69) is 45.1 Å². The van der Waals surface area contributed by atoms with Crippen molar-refractivity contribution in [3.63, 3.8) is 0 Å². The Kier molecular flexibility index (Phi) is 3.41. The van der Waals surface area contributed by atoms with E-state index in [0.717, 1.165) is 17.3 Å². The van der Waals surface area contributed by atoms with E-state index in [1.165, 1.54) is 49.9 Å². The molecule has 3 rings (SSSR count). The van der Waals surface area contributed by atoms with Crippen LogP contribution in [0.2, 0.25) is 0 Å². The number of piperidine rings is 1. The predicted octanol–water partition coefficient (Wildman–Crippen LogP) is 4.35. The summed E-state index contributed by atoms with van der Waals surface area (Å²) in [5.74, 6) is 0.965. The predicted molar refractivity (Wildman–Crippen MR) is 76.8 cm³/mol. The Bertz CT molecular complexity index is 390. The molecular weight excluding hydrogens is 274 g/mol. The lowest BCUT2D eigenvalue weighted by atomic mass is 9.91. The summed E-state index contributed by atoms with van der Waals surface area (Å²) in [6, 6.07) is 9.71. The summed E-state index contributed by atoms with van der Waals surface area (Å²) in [6.07, 6.45) is 7.12. The van der Waals surface area contributed by atoms with Gasteiger partial charge < -0.3 is 4.90 Å². The number of fused-ring (bicyclic) bond motifs is 1. The lowest BCUT2D eigenvalue weighted by molar-refractivity contribution is 0.362. The van der Waals surface area contributed by atoms with Crippen LogP contribution in [-0.2, 0) is 5.33 Å². The third-order valence-electron chi connectivity index (χ3n) is 4.44. The second kappa shape index (κ2) is 5.01. The number of benzene rings is 1. The molecule has 1 aromatic rings. The first kappa shape index (κ1) is 11.6. The van der Waals surface area contributed by atoms with E-state index in [-0.39, 0.29) is 0 Å². The van der Waals surface area contributed by atoms with Crippen molar-refractivity contribution in [3.05, 3.63) is 29.8 Å². The molecule has 1 aromatic carbocycles. The Balaban J connectivity index is 1.91. The molecule has 0 N–H and O–H groups in total. The maximum absolute atomic E-state index is 3.62. The zero-order valence-electron chi connectivity index (χ0n) is 10.2. The second-order valence-corrected chi connectivity index (χ2v) is 5.92. The standard InChI is InChI=1S/C15H20BrN/c16-11-13-5-1-2-8-15(13)17-10-4-7-12-6-3-9-14(12)17/h1-2,5,8,12,14H,3-4,6-7,9-11H2. The molecule has 0 bridgehead atoms. The minimum atomic E-state index is 0.823. The highest BCUT2D eigenvalue weighted by Crippen LogP contribution is 2.40. The topological polar surface area (TPSA) is 3.24 Å². The molecule has 2 unspecified atom stereocenters. The van der Waals surface area contributed by atoms with Gasteiger partial charge in [-0.2, -0.15) is 0 Å². The van der Waals surface area contributed by atoms with Gasteiger partial charge in [0.05, 0.1) is 0 Å². The number of para-hydroxylation sites is 1. The number of rotatable bonds is 2. The molecule has 0 amide bonds. The molecular formula is C15H20BrN. The van der Waals surface area contributed by atoms with Crippen molar-refractivity contribution in [1.82, 2.24) is 0 Å². The van der Waals surface area contributed by atoms with Crippen molar-refractivity contribution in [2.45, 2.75) is 43.5 Å². The summed E-state index contributed by atoms with van der Waals surface area (Å²) >= 11 is 3.62. The molecule has 2 aliphatic rings. The van der Waals surface area contributed by atoms with Crippen molar-refractivity contribution < 1.29 is 0 Å². The third-order valence-corrected chi connectivity index (χ3v) is 5.04. The van der Waals surface area contributed by atoms with Gasteiger partial charge in [0.25, 0.3) is 0 Å². The van der Waals surface area contributed by atoms with Crippen LogP contribution in [-0.4, -0.2) is 12.6 Å². The summed E-state index contributed by atoms with van der Waals surface area (Å²) < 4.78 is 0. The summed E-state index contributed by atoms with van der Waals surface area (Å²) in [7, 11) is 0. The first-order valence-corrected chi connectivity index (χ1v) is 7.93. The summed E-state index contributed by atoms with van der Waals surface area (Å²) in [5.41, 5.74) is 2.92. The van der Waals surface area contributed by atoms with Gasteiger partial charge in [0.15, 0.2) is 0 Å². The molecule has 17 heavy (non-hydrogen) atoms. The molecule has 2 atom stereocenters. The van der Waals surface area contributed by atoms with Gasteiger partial charge >= 0.3 is 0 Å². The van der Waals surface area contributed by atoms with Crippen LogP contribution in [0.1, 0.15) is 37.7 Å². The second-order valence-electron chi connectivity index (χ2n) is 5.36. The molecule has 2 heteroatoms. The minimum absolute atomic E-state index is 0.823. The largest absolute Gasteiger partial charge is 0.368 e. The van der Waals surface area contributed by atoms with Crippen molar-refractivity contribution in [2.75, 3.05) is 11.4 Å². The molecule has 92 valence electrons. The molecule has 1 saturated heterocycles. The van der Waals surface area contributed by atoms with Gasteiger partial charge in [0, 0.05) is 23.6 Å². The van der Waals surface area contributed by atoms with Gasteiger partial charge in [-0.15, -0.1) is 0 Å². The van der Waals surface area contributed by atoms with E-state index >= 15 is 0 Å². The van der Waals surface area contributed by atoms with E-state index in [0.29, 0.717) is 0 Å². The average molecular weight is 294 g/mol. The Hall–Kier alpha value is -0.500. The maximum atomic E-state index is 3.62.